The zero-order valence-corrected chi connectivity index (χ0v) is 39.7. The van der Waals surface area contributed by atoms with E-state index in [2.05, 4.69) is 140 Å². The van der Waals surface area contributed by atoms with Crippen molar-refractivity contribution < 1.29 is 16.4 Å². The summed E-state index contributed by atoms with van der Waals surface area (Å²) in [7, 11) is 0. The van der Waals surface area contributed by atoms with Crippen LogP contribution in [0.2, 0.25) is 0 Å². The van der Waals surface area contributed by atoms with Crippen molar-refractivity contribution in [3.63, 3.8) is 0 Å². The van der Waals surface area contributed by atoms with E-state index < -0.39 is 27.4 Å². The van der Waals surface area contributed by atoms with Gasteiger partial charge in [-0.2, -0.15) is 0 Å². The quantitative estimate of drug-likeness (QED) is 0.151. The first-order valence-corrected chi connectivity index (χ1v) is 24.8. The summed E-state index contributed by atoms with van der Waals surface area (Å²) < 4.78 is 103. The molecule has 15 rings (SSSR count). The number of rotatable bonds is 8. The van der Waals surface area contributed by atoms with E-state index in [1.54, 1.807) is 48.5 Å². The third kappa shape index (κ3) is 6.03. The summed E-state index contributed by atoms with van der Waals surface area (Å²) in [6, 6.07) is 74.2. The Balaban J connectivity index is 1.07. The molecule has 0 atom stereocenters. The van der Waals surface area contributed by atoms with Crippen LogP contribution < -0.4 is 9.80 Å². The third-order valence-electron chi connectivity index (χ3n) is 15.1. The van der Waals surface area contributed by atoms with Gasteiger partial charge in [-0.3, -0.25) is 0 Å². The predicted octanol–water partition coefficient (Wildman–Crippen LogP) is 19.5. The van der Waals surface area contributed by atoms with E-state index in [-0.39, 0.29) is 22.3 Å². The molecular formula is C70H50N4. The number of fused-ring (bicyclic) bond motifs is 12. The number of nitrogens with zero attached hydrogens (tertiary/aromatic N) is 4. The largest absolute Gasteiger partial charge is 0.310 e. The average molecular weight is 959 g/mol. The Bertz CT molecular complexity index is 4680. The van der Waals surface area contributed by atoms with Crippen molar-refractivity contribution in [2.75, 3.05) is 9.80 Å². The molecule has 0 fully saturated rings. The van der Waals surface area contributed by atoms with Gasteiger partial charge in [0, 0.05) is 93.4 Å². The van der Waals surface area contributed by atoms with E-state index in [1.165, 1.54) is 0 Å². The molecule has 0 N–H and O–H groups in total. The van der Waals surface area contributed by atoms with Gasteiger partial charge in [0.05, 0.1) is 44.5 Å². The summed E-state index contributed by atoms with van der Waals surface area (Å²) in [6.45, 7) is -9.29. The highest BCUT2D eigenvalue weighted by molar-refractivity contribution is 6.39. The zero-order chi connectivity index (χ0) is 59.3. The van der Waals surface area contributed by atoms with Crippen LogP contribution in [0.25, 0.3) is 98.4 Å². The van der Waals surface area contributed by atoms with Gasteiger partial charge in [-0.1, -0.05) is 180 Å². The number of benzene rings is 11. The number of aryl methyl sites for hydroxylation is 4. The number of hydrogen-bond acceptors (Lipinski definition) is 2. The maximum Gasteiger partial charge on any atom is 0.0634 e. The molecule has 4 heterocycles. The van der Waals surface area contributed by atoms with Gasteiger partial charge in [0.25, 0.3) is 0 Å². The van der Waals surface area contributed by atoms with Crippen molar-refractivity contribution >= 4 is 110 Å². The van der Waals surface area contributed by atoms with Crippen LogP contribution in [-0.4, -0.2) is 8.80 Å². The van der Waals surface area contributed by atoms with E-state index in [9.17, 15) is 0 Å². The smallest absolute Gasteiger partial charge is 0.0634 e. The fraction of sp³-hybridized carbons (Fsp3) is 0.0571. The van der Waals surface area contributed by atoms with Crippen LogP contribution in [0.5, 0.6) is 0 Å². The lowest BCUT2D eigenvalue weighted by Crippen LogP contribution is -2.10. The number of aromatic nitrogens is 2. The highest BCUT2D eigenvalue weighted by Gasteiger charge is 2.32. The molecule has 0 saturated heterocycles. The Kier molecular flexibility index (Phi) is 6.91. The van der Waals surface area contributed by atoms with Crippen LogP contribution in [0.15, 0.2) is 231 Å². The van der Waals surface area contributed by atoms with Gasteiger partial charge < -0.3 is 18.6 Å². The lowest BCUT2D eigenvalue weighted by Gasteiger charge is -2.27. The maximum absolute atomic E-state index is 8.20. The Morgan fingerprint density at radius 1 is 0.284 bits per heavy atom. The first-order valence-electron chi connectivity index (χ1n) is 30.8. The second-order valence-corrected chi connectivity index (χ2v) is 19.2. The number of hydrogen-bond donors (Lipinski definition) is 0. The minimum Gasteiger partial charge on any atom is -0.310 e. The van der Waals surface area contributed by atoms with Gasteiger partial charge in [-0.15, -0.1) is 0 Å². The highest BCUT2D eigenvalue weighted by Crippen LogP contribution is 2.56. The minimum atomic E-state index is -2.32. The van der Waals surface area contributed by atoms with Gasteiger partial charge in [0.15, 0.2) is 0 Å². The molecule has 0 bridgehead atoms. The molecule has 0 unspecified atom stereocenters. The van der Waals surface area contributed by atoms with Crippen molar-refractivity contribution in [2.45, 2.75) is 27.4 Å². The Morgan fingerprint density at radius 2 is 0.595 bits per heavy atom. The fourth-order valence-corrected chi connectivity index (χ4v) is 12.2. The van der Waals surface area contributed by atoms with Crippen molar-refractivity contribution in [1.82, 2.24) is 8.80 Å². The second-order valence-electron chi connectivity index (χ2n) is 19.2. The standard InChI is InChI=1S/C70H50N4/c1-43-27-35-49(36-28-43)71(50-37-29-44(2)30-38-50)57-23-13-25-59-63(57)53-19-11-21-55-65-62(48-17-9-6-10-18-48)70-66(61(47-15-7-5-8-16-47)69(65)73(59)67(53)55)56-22-12-20-54-64-58(24-14-26-60(64)74(70)68(54)56)72(51-39-31-45(3)32-40-51)52-41-33-46(4)34-42-52/h5-42H,1-4H3/i1D3,2D3,3D3,4D3. The third-order valence-corrected chi connectivity index (χ3v) is 15.1. The molecule has 4 heteroatoms. The first kappa shape index (κ1) is 31.8. The van der Waals surface area contributed by atoms with Crippen LogP contribution in [0.4, 0.5) is 34.1 Å². The van der Waals surface area contributed by atoms with Crippen LogP contribution in [0, 0.1) is 27.4 Å². The lowest BCUT2D eigenvalue weighted by atomic mass is 9.89. The van der Waals surface area contributed by atoms with Crippen molar-refractivity contribution in [2.24, 2.45) is 0 Å². The molecule has 350 valence electrons. The summed E-state index contributed by atoms with van der Waals surface area (Å²) in [4.78, 5) is 4.16. The van der Waals surface area contributed by atoms with Gasteiger partial charge in [-0.25, -0.2) is 0 Å². The van der Waals surface area contributed by atoms with E-state index in [0.29, 0.717) is 22.7 Å². The van der Waals surface area contributed by atoms with Crippen LogP contribution in [0.1, 0.15) is 38.7 Å². The van der Waals surface area contributed by atoms with Gasteiger partial charge in [0.1, 0.15) is 0 Å². The summed E-state index contributed by atoms with van der Waals surface area (Å²) in [5.74, 6) is 0. The molecule has 0 aliphatic heterocycles. The first-order chi connectivity index (χ1) is 41.3. The van der Waals surface area contributed by atoms with Gasteiger partial charge >= 0.3 is 0 Å². The normalized spacial score (nSPS) is 15.1. The van der Waals surface area contributed by atoms with Crippen LogP contribution in [-0.2, 0) is 0 Å². The van der Waals surface area contributed by atoms with E-state index >= 15 is 0 Å². The second kappa shape index (κ2) is 16.1. The van der Waals surface area contributed by atoms with E-state index in [1.807, 2.05) is 60.7 Å². The van der Waals surface area contributed by atoms with Crippen molar-refractivity contribution in [3.8, 4) is 22.3 Å². The van der Waals surface area contributed by atoms with Crippen LogP contribution in [0.3, 0.4) is 0 Å². The molecule has 0 aliphatic carbocycles. The monoisotopic (exact) mass is 958 g/mol. The van der Waals surface area contributed by atoms with Gasteiger partial charge in [-0.05, 0) is 111 Å². The molecule has 0 amide bonds. The van der Waals surface area contributed by atoms with Crippen LogP contribution >= 0.6 is 0 Å². The Morgan fingerprint density at radius 3 is 0.919 bits per heavy atom. The van der Waals surface area contributed by atoms with E-state index in [0.717, 1.165) is 110 Å². The van der Waals surface area contributed by atoms with E-state index in [4.69, 9.17) is 16.4 Å². The minimum absolute atomic E-state index is 0.206. The predicted molar refractivity (Wildman–Crippen MR) is 315 cm³/mol. The molecule has 0 saturated carbocycles. The highest BCUT2D eigenvalue weighted by atomic mass is 15.2. The summed E-state index contributed by atoms with van der Waals surface area (Å²) in [5.41, 5.74) is 15.3. The molecule has 0 aliphatic rings. The molecular weight excluding hydrogens is 897 g/mol. The number of para-hydroxylation sites is 2. The average Bonchev–Trinajstić information content (AvgIpc) is 1.50. The summed E-state index contributed by atoms with van der Waals surface area (Å²) >= 11 is 0. The summed E-state index contributed by atoms with van der Waals surface area (Å²) in [5, 5.41) is 8.07. The van der Waals surface area contributed by atoms with Crippen molar-refractivity contribution in [1.29, 1.82) is 0 Å². The molecule has 11 aromatic carbocycles. The maximum atomic E-state index is 8.20. The van der Waals surface area contributed by atoms with Crippen molar-refractivity contribution in [3.05, 3.63) is 253 Å². The Hall–Kier alpha value is -9.38. The molecule has 4 aromatic heterocycles. The summed E-state index contributed by atoms with van der Waals surface area (Å²) in [6.07, 6.45) is 0. The Labute approximate surface area is 446 Å². The molecule has 74 heavy (non-hydrogen) atoms. The molecule has 0 spiro atoms. The topological polar surface area (TPSA) is 15.3 Å². The fourth-order valence-electron chi connectivity index (χ4n) is 12.2. The van der Waals surface area contributed by atoms with Gasteiger partial charge in [0.2, 0.25) is 0 Å². The molecule has 4 nitrogen and oxygen atoms in total. The molecule has 0 radical (unpaired) electrons. The molecule has 15 aromatic rings. The SMILES string of the molecule is [2H]C([2H])([2H])c1ccc(N(c2ccc(C([2H])([2H])[2H])cc2)c2cccc3c2c2cccc4c5c(-c6ccccc6)c6c(c(-c7ccccc7)c5n3c24)c2cccc3c4c(N(c5ccc(C([2H])([2H])[2H])cc5)c5ccc(C([2H])([2H])[2H])cc5)cccc4n6c32)cc1. The zero-order valence-electron chi connectivity index (χ0n) is 51.7. The lowest BCUT2D eigenvalue weighted by molar-refractivity contribution is 1.28. The number of anilines is 6.